The van der Waals surface area contributed by atoms with E-state index in [4.69, 9.17) is 18.6 Å². The summed E-state index contributed by atoms with van der Waals surface area (Å²) in [6, 6.07) is 12.9. The second kappa shape index (κ2) is 12.2. The molecule has 0 fully saturated rings. The SMILES string of the molecule is CCCCOc1ccc(-c2oc3ccccc3c(=O)c2OCCCC)cc1OCCCC. The van der Waals surface area contributed by atoms with Crippen LogP contribution in [0.3, 0.4) is 0 Å². The molecule has 0 unspecified atom stereocenters. The molecule has 0 saturated carbocycles. The Morgan fingerprint density at radius 1 is 0.750 bits per heavy atom. The van der Waals surface area contributed by atoms with Gasteiger partial charge in [-0.3, -0.25) is 4.79 Å². The van der Waals surface area contributed by atoms with Gasteiger partial charge in [-0.05, 0) is 49.6 Å². The van der Waals surface area contributed by atoms with E-state index in [0.29, 0.717) is 48.0 Å². The summed E-state index contributed by atoms with van der Waals surface area (Å²) in [5.74, 6) is 2.03. The maximum absolute atomic E-state index is 13.2. The van der Waals surface area contributed by atoms with E-state index in [-0.39, 0.29) is 11.2 Å². The molecule has 2 aromatic carbocycles. The van der Waals surface area contributed by atoms with E-state index in [1.54, 1.807) is 12.1 Å². The molecule has 3 aromatic rings. The highest BCUT2D eigenvalue weighted by atomic mass is 16.5. The lowest BCUT2D eigenvalue weighted by atomic mass is 10.1. The van der Waals surface area contributed by atoms with E-state index in [0.717, 1.165) is 44.1 Å². The van der Waals surface area contributed by atoms with Gasteiger partial charge in [-0.25, -0.2) is 0 Å². The van der Waals surface area contributed by atoms with Gasteiger partial charge in [0.2, 0.25) is 11.2 Å². The molecular weight excluding hydrogens is 404 g/mol. The number of benzene rings is 2. The Balaban J connectivity index is 2.05. The highest BCUT2D eigenvalue weighted by molar-refractivity contribution is 5.82. The molecule has 0 aliphatic heterocycles. The van der Waals surface area contributed by atoms with Crippen molar-refractivity contribution in [3.63, 3.8) is 0 Å². The van der Waals surface area contributed by atoms with Gasteiger partial charge in [0.1, 0.15) is 5.58 Å². The molecule has 0 aliphatic rings. The van der Waals surface area contributed by atoms with Crippen molar-refractivity contribution in [1.29, 1.82) is 0 Å². The van der Waals surface area contributed by atoms with Crippen LogP contribution in [0.1, 0.15) is 59.3 Å². The Bertz CT molecular complexity index is 1050. The predicted octanol–water partition coefficient (Wildman–Crippen LogP) is 7.00. The third kappa shape index (κ3) is 5.84. The standard InChI is InChI=1S/C27H34O5/c1-4-7-16-29-23-15-14-20(19-24(23)30-17-8-5-2)26-27(31-18-9-6-3)25(28)21-12-10-11-13-22(21)32-26/h10-15,19H,4-9,16-18H2,1-3H3. The lowest BCUT2D eigenvalue weighted by Crippen LogP contribution is -2.11. The van der Waals surface area contributed by atoms with Crippen molar-refractivity contribution in [2.45, 2.75) is 59.3 Å². The molecule has 0 atom stereocenters. The third-order valence-corrected chi connectivity index (χ3v) is 5.22. The number of unbranched alkanes of at least 4 members (excludes halogenated alkanes) is 3. The number of para-hydroxylation sites is 1. The molecule has 172 valence electrons. The normalized spacial score (nSPS) is 11.0. The second-order valence-electron chi connectivity index (χ2n) is 7.85. The van der Waals surface area contributed by atoms with Crippen molar-refractivity contribution in [2.24, 2.45) is 0 Å². The summed E-state index contributed by atoms with van der Waals surface area (Å²) in [6.07, 6.45) is 5.88. The molecule has 0 spiro atoms. The molecule has 0 saturated heterocycles. The van der Waals surface area contributed by atoms with Gasteiger partial charge >= 0.3 is 0 Å². The first-order valence-electron chi connectivity index (χ1n) is 11.8. The van der Waals surface area contributed by atoms with Gasteiger partial charge in [0.25, 0.3) is 0 Å². The molecule has 5 nitrogen and oxygen atoms in total. The van der Waals surface area contributed by atoms with Gasteiger partial charge in [0, 0.05) is 5.56 Å². The van der Waals surface area contributed by atoms with Crippen LogP contribution in [-0.4, -0.2) is 19.8 Å². The van der Waals surface area contributed by atoms with Crippen LogP contribution in [0.15, 0.2) is 51.7 Å². The zero-order valence-corrected chi connectivity index (χ0v) is 19.4. The van der Waals surface area contributed by atoms with Crippen LogP contribution < -0.4 is 19.6 Å². The lowest BCUT2D eigenvalue weighted by Gasteiger charge is -2.15. The zero-order chi connectivity index (χ0) is 22.8. The van der Waals surface area contributed by atoms with Gasteiger partial charge in [-0.1, -0.05) is 52.2 Å². The summed E-state index contributed by atoms with van der Waals surface area (Å²) in [5, 5.41) is 0.515. The van der Waals surface area contributed by atoms with Crippen LogP contribution in [0.2, 0.25) is 0 Å². The smallest absolute Gasteiger partial charge is 0.235 e. The summed E-state index contributed by atoms with van der Waals surface area (Å²) in [6.45, 7) is 8.05. The quantitative estimate of drug-likeness (QED) is 0.269. The van der Waals surface area contributed by atoms with E-state index in [1.807, 2.05) is 30.3 Å². The molecule has 0 aliphatic carbocycles. The largest absolute Gasteiger partial charge is 0.490 e. The fraction of sp³-hybridized carbons (Fsp3) is 0.444. The minimum Gasteiger partial charge on any atom is -0.490 e. The van der Waals surface area contributed by atoms with Crippen molar-refractivity contribution in [3.05, 3.63) is 52.7 Å². The van der Waals surface area contributed by atoms with Gasteiger partial charge in [0.15, 0.2) is 17.3 Å². The van der Waals surface area contributed by atoms with Crippen LogP contribution in [0, 0.1) is 0 Å². The summed E-state index contributed by atoms with van der Waals surface area (Å²) < 4.78 is 24.1. The van der Waals surface area contributed by atoms with Crippen LogP contribution in [-0.2, 0) is 0 Å². The Morgan fingerprint density at radius 2 is 1.38 bits per heavy atom. The molecule has 0 N–H and O–H groups in total. The van der Waals surface area contributed by atoms with Gasteiger partial charge in [-0.2, -0.15) is 0 Å². The van der Waals surface area contributed by atoms with Crippen LogP contribution in [0.5, 0.6) is 17.2 Å². The van der Waals surface area contributed by atoms with Gasteiger partial charge < -0.3 is 18.6 Å². The first-order valence-corrected chi connectivity index (χ1v) is 11.8. The molecule has 0 radical (unpaired) electrons. The van der Waals surface area contributed by atoms with E-state index >= 15 is 0 Å². The molecule has 1 heterocycles. The fourth-order valence-corrected chi connectivity index (χ4v) is 3.30. The number of fused-ring (bicyclic) bond motifs is 1. The van der Waals surface area contributed by atoms with E-state index in [2.05, 4.69) is 20.8 Å². The topological polar surface area (TPSA) is 57.9 Å². The molecular formula is C27H34O5. The van der Waals surface area contributed by atoms with Crippen molar-refractivity contribution >= 4 is 11.0 Å². The number of hydrogen-bond donors (Lipinski definition) is 0. The maximum Gasteiger partial charge on any atom is 0.235 e. The molecule has 32 heavy (non-hydrogen) atoms. The Kier molecular flexibility index (Phi) is 9.02. The minimum absolute atomic E-state index is 0.158. The first-order chi connectivity index (χ1) is 15.7. The van der Waals surface area contributed by atoms with Crippen LogP contribution in [0.4, 0.5) is 0 Å². The lowest BCUT2D eigenvalue weighted by molar-refractivity contribution is 0.262. The predicted molar refractivity (Wildman–Crippen MR) is 129 cm³/mol. The van der Waals surface area contributed by atoms with Crippen LogP contribution >= 0.6 is 0 Å². The van der Waals surface area contributed by atoms with Gasteiger partial charge in [-0.15, -0.1) is 0 Å². The third-order valence-electron chi connectivity index (χ3n) is 5.22. The van der Waals surface area contributed by atoms with Crippen molar-refractivity contribution in [1.82, 2.24) is 0 Å². The highest BCUT2D eigenvalue weighted by Crippen LogP contribution is 2.37. The van der Waals surface area contributed by atoms with Crippen molar-refractivity contribution in [2.75, 3.05) is 19.8 Å². The minimum atomic E-state index is -0.158. The summed E-state index contributed by atoms with van der Waals surface area (Å²) in [7, 11) is 0. The molecule has 1 aromatic heterocycles. The number of ether oxygens (including phenoxy) is 3. The monoisotopic (exact) mass is 438 g/mol. The van der Waals surface area contributed by atoms with E-state index < -0.39 is 0 Å². The Morgan fingerprint density at radius 3 is 2.06 bits per heavy atom. The Labute approximate surface area is 190 Å². The van der Waals surface area contributed by atoms with Crippen molar-refractivity contribution < 1.29 is 18.6 Å². The molecule has 0 bridgehead atoms. The maximum atomic E-state index is 13.2. The van der Waals surface area contributed by atoms with Gasteiger partial charge in [0.05, 0.1) is 25.2 Å². The second-order valence-corrected chi connectivity index (χ2v) is 7.85. The summed E-state index contributed by atoms with van der Waals surface area (Å²) >= 11 is 0. The van der Waals surface area contributed by atoms with Crippen LogP contribution in [0.25, 0.3) is 22.3 Å². The average molecular weight is 439 g/mol. The fourth-order valence-electron chi connectivity index (χ4n) is 3.30. The van der Waals surface area contributed by atoms with Crippen molar-refractivity contribution in [3.8, 4) is 28.6 Å². The Hall–Kier alpha value is -2.95. The average Bonchev–Trinajstić information content (AvgIpc) is 2.81. The summed E-state index contributed by atoms with van der Waals surface area (Å²) in [5.41, 5.74) is 1.11. The summed E-state index contributed by atoms with van der Waals surface area (Å²) in [4.78, 5) is 13.2. The first kappa shape index (κ1) is 23.7. The van der Waals surface area contributed by atoms with E-state index in [1.165, 1.54) is 0 Å². The molecule has 5 heteroatoms. The zero-order valence-electron chi connectivity index (χ0n) is 19.4. The molecule has 0 amide bonds. The number of hydrogen-bond acceptors (Lipinski definition) is 5. The number of rotatable bonds is 13. The molecule has 3 rings (SSSR count). The van der Waals surface area contributed by atoms with E-state index in [9.17, 15) is 4.79 Å². The highest BCUT2D eigenvalue weighted by Gasteiger charge is 2.19.